The van der Waals surface area contributed by atoms with Gasteiger partial charge in [-0.25, -0.2) is 0 Å². The molecule has 0 aliphatic carbocycles. The van der Waals surface area contributed by atoms with Gasteiger partial charge < -0.3 is 20.4 Å². The summed E-state index contributed by atoms with van der Waals surface area (Å²) in [5.41, 5.74) is 0.807. The van der Waals surface area contributed by atoms with E-state index in [0.29, 0.717) is 17.5 Å². The second kappa shape index (κ2) is 7.47. The van der Waals surface area contributed by atoms with Crippen LogP contribution in [0.2, 0.25) is 0 Å². The first kappa shape index (κ1) is 18.0. The van der Waals surface area contributed by atoms with E-state index >= 15 is 0 Å². The fraction of sp³-hybridized carbons (Fsp3) is 0.400. The standard InChI is InChI=1S/C20H26O4/c1-3-4-5-12-20(2,15-9-7-11-17(22)19(15)24)13-14-8-6-10-16(21)18(14)23/h6-11,21-24H,3-5,12-13H2,1-2H3. The number of phenols is 4. The molecule has 4 heteroatoms. The molecule has 0 radical (unpaired) electrons. The third kappa shape index (κ3) is 3.75. The highest BCUT2D eigenvalue weighted by Crippen LogP contribution is 2.43. The summed E-state index contributed by atoms with van der Waals surface area (Å²) in [5, 5.41) is 40.1. The molecule has 0 fully saturated rings. The van der Waals surface area contributed by atoms with Gasteiger partial charge in [-0.3, -0.25) is 0 Å². The van der Waals surface area contributed by atoms with Crippen molar-refractivity contribution in [1.82, 2.24) is 0 Å². The molecule has 4 nitrogen and oxygen atoms in total. The van der Waals surface area contributed by atoms with E-state index in [0.717, 1.165) is 25.7 Å². The SMILES string of the molecule is CCCCCC(C)(Cc1cccc(O)c1O)c1cccc(O)c1O. The average Bonchev–Trinajstić information content (AvgIpc) is 2.55. The normalized spacial score (nSPS) is 13.6. The van der Waals surface area contributed by atoms with E-state index in [1.807, 2.05) is 6.92 Å². The lowest BCUT2D eigenvalue weighted by Crippen LogP contribution is -2.25. The number of hydrogen-bond acceptors (Lipinski definition) is 4. The molecule has 0 heterocycles. The Morgan fingerprint density at radius 1 is 0.833 bits per heavy atom. The fourth-order valence-corrected chi connectivity index (χ4v) is 3.24. The van der Waals surface area contributed by atoms with Crippen molar-refractivity contribution in [3.63, 3.8) is 0 Å². The highest BCUT2D eigenvalue weighted by Gasteiger charge is 2.31. The predicted octanol–water partition coefficient (Wildman–Crippen LogP) is 4.59. The topological polar surface area (TPSA) is 80.9 Å². The first-order valence-corrected chi connectivity index (χ1v) is 8.40. The van der Waals surface area contributed by atoms with Crippen LogP contribution in [0.15, 0.2) is 36.4 Å². The molecule has 0 aromatic heterocycles. The van der Waals surface area contributed by atoms with E-state index < -0.39 is 5.41 Å². The molecule has 1 unspecified atom stereocenters. The minimum Gasteiger partial charge on any atom is -0.504 e. The number of unbranched alkanes of at least 4 members (excludes halogenated alkanes) is 2. The summed E-state index contributed by atoms with van der Waals surface area (Å²) in [6.45, 7) is 4.14. The molecule has 0 aliphatic rings. The van der Waals surface area contributed by atoms with Gasteiger partial charge in [-0.2, -0.15) is 0 Å². The number of benzene rings is 2. The van der Waals surface area contributed by atoms with Crippen LogP contribution in [0.5, 0.6) is 23.0 Å². The summed E-state index contributed by atoms with van der Waals surface area (Å²) < 4.78 is 0. The van der Waals surface area contributed by atoms with Crippen LogP contribution in [0, 0.1) is 0 Å². The second-order valence-electron chi connectivity index (χ2n) is 6.65. The minimum absolute atomic E-state index is 0.115. The highest BCUT2D eigenvalue weighted by molar-refractivity contribution is 5.50. The Labute approximate surface area is 143 Å². The second-order valence-corrected chi connectivity index (χ2v) is 6.65. The zero-order valence-electron chi connectivity index (χ0n) is 14.3. The Balaban J connectivity index is 2.43. The van der Waals surface area contributed by atoms with E-state index in [-0.39, 0.29) is 23.0 Å². The lowest BCUT2D eigenvalue weighted by atomic mass is 9.73. The summed E-state index contributed by atoms with van der Waals surface area (Å²) in [4.78, 5) is 0. The van der Waals surface area contributed by atoms with Crippen LogP contribution >= 0.6 is 0 Å². The van der Waals surface area contributed by atoms with E-state index in [9.17, 15) is 20.4 Å². The first-order valence-electron chi connectivity index (χ1n) is 8.40. The molecular formula is C20H26O4. The van der Waals surface area contributed by atoms with Crippen LogP contribution in [0.4, 0.5) is 0 Å². The maximum atomic E-state index is 10.3. The van der Waals surface area contributed by atoms with Crippen molar-refractivity contribution in [2.75, 3.05) is 0 Å². The molecule has 0 amide bonds. The van der Waals surface area contributed by atoms with Gasteiger partial charge >= 0.3 is 0 Å². The maximum absolute atomic E-state index is 10.3. The quantitative estimate of drug-likeness (QED) is 0.442. The lowest BCUT2D eigenvalue weighted by Gasteiger charge is -2.32. The monoisotopic (exact) mass is 330 g/mol. The van der Waals surface area contributed by atoms with Crippen molar-refractivity contribution < 1.29 is 20.4 Å². The number of hydrogen-bond donors (Lipinski definition) is 4. The van der Waals surface area contributed by atoms with Crippen molar-refractivity contribution in [3.05, 3.63) is 47.5 Å². The van der Waals surface area contributed by atoms with Crippen LogP contribution in [0.25, 0.3) is 0 Å². The predicted molar refractivity (Wildman–Crippen MR) is 94.7 cm³/mol. The van der Waals surface area contributed by atoms with E-state index in [2.05, 4.69) is 6.92 Å². The maximum Gasteiger partial charge on any atom is 0.161 e. The zero-order chi connectivity index (χ0) is 17.7. The minimum atomic E-state index is -0.469. The average molecular weight is 330 g/mol. The third-order valence-electron chi connectivity index (χ3n) is 4.68. The summed E-state index contributed by atoms with van der Waals surface area (Å²) >= 11 is 0. The van der Waals surface area contributed by atoms with Gasteiger partial charge in [-0.1, -0.05) is 57.4 Å². The van der Waals surface area contributed by atoms with Gasteiger partial charge in [0.2, 0.25) is 0 Å². The van der Waals surface area contributed by atoms with Crippen LogP contribution in [-0.4, -0.2) is 20.4 Å². The van der Waals surface area contributed by atoms with Crippen molar-refractivity contribution >= 4 is 0 Å². The van der Waals surface area contributed by atoms with Crippen LogP contribution in [0.1, 0.15) is 50.7 Å². The summed E-state index contributed by atoms with van der Waals surface area (Å²) in [5.74, 6) is -0.534. The first-order chi connectivity index (χ1) is 11.4. The van der Waals surface area contributed by atoms with Gasteiger partial charge in [0.25, 0.3) is 0 Å². The highest BCUT2D eigenvalue weighted by atomic mass is 16.3. The molecular weight excluding hydrogens is 304 g/mol. The van der Waals surface area contributed by atoms with Crippen molar-refractivity contribution in [2.24, 2.45) is 0 Å². The molecule has 0 saturated carbocycles. The van der Waals surface area contributed by atoms with Gasteiger partial charge in [0.05, 0.1) is 0 Å². The molecule has 0 saturated heterocycles. The molecule has 2 aromatic rings. The molecule has 1 atom stereocenters. The number of phenolic OH excluding ortho intramolecular Hbond substituents is 4. The Bertz CT molecular complexity index is 696. The smallest absolute Gasteiger partial charge is 0.161 e. The third-order valence-corrected chi connectivity index (χ3v) is 4.68. The van der Waals surface area contributed by atoms with Gasteiger partial charge in [0.15, 0.2) is 23.0 Å². The van der Waals surface area contributed by atoms with Gasteiger partial charge in [0.1, 0.15) is 0 Å². The van der Waals surface area contributed by atoms with Crippen LogP contribution in [0.3, 0.4) is 0 Å². The van der Waals surface area contributed by atoms with Crippen LogP contribution < -0.4 is 0 Å². The lowest BCUT2D eigenvalue weighted by molar-refractivity contribution is 0.351. The van der Waals surface area contributed by atoms with Gasteiger partial charge in [-0.15, -0.1) is 0 Å². The summed E-state index contributed by atoms with van der Waals surface area (Å²) in [6, 6.07) is 9.88. The van der Waals surface area contributed by atoms with E-state index in [1.54, 1.807) is 24.3 Å². The van der Waals surface area contributed by atoms with Gasteiger partial charge in [-0.05, 0) is 30.5 Å². The molecule has 4 N–H and O–H groups in total. The zero-order valence-corrected chi connectivity index (χ0v) is 14.3. The molecule has 0 aliphatic heterocycles. The number of para-hydroxylation sites is 2. The molecule has 0 spiro atoms. The number of aromatic hydroxyl groups is 4. The summed E-state index contributed by atoms with van der Waals surface area (Å²) in [6.07, 6.45) is 4.38. The Morgan fingerprint density at radius 2 is 1.46 bits per heavy atom. The Morgan fingerprint density at radius 3 is 2.12 bits per heavy atom. The summed E-state index contributed by atoms with van der Waals surface area (Å²) in [7, 11) is 0. The number of rotatable bonds is 7. The van der Waals surface area contributed by atoms with Crippen LogP contribution in [-0.2, 0) is 11.8 Å². The van der Waals surface area contributed by atoms with Gasteiger partial charge in [0, 0.05) is 11.0 Å². The fourth-order valence-electron chi connectivity index (χ4n) is 3.24. The molecule has 2 aromatic carbocycles. The largest absolute Gasteiger partial charge is 0.504 e. The molecule has 2 rings (SSSR count). The molecule has 130 valence electrons. The Hall–Kier alpha value is -2.36. The van der Waals surface area contributed by atoms with E-state index in [4.69, 9.17) is 0 Å². The van der Waals surface area contributed by atoms with Crippen molar-refractivity contribution in [2.45, 2.75) is 51.4 Å². The molecule has 24 heavy (non-hydrogen) atoms. The van der Waals surface area contributed by atoms with Crippen molar-refractivity contribution in [1.29, 1.82) is 0 Å². The van der Waals surface area contributed by atoms with E-state index in [1.165, 1.54) is 12.1 Å². The molecule has 0 bridgehead atoms. The Kier molecular flexibility index (Phi) is 5.60. The van der Waals surface area contributed by atoms with Crippen molar-refractivity contribution in [3.8, 4) is 23.0 Å².